The Hall–Kier alpha value is -2.46. The SMILES string of the molecule is C/C=C/[C@@H](OC)[C@@H](C)C(=O)N[C@H](C(=O)N[C@@H](C)C(=O)N1CCCC(C)(C(=O)OC)N1)C(C)C. The van der Waals surface area contributed by atoms with Crippen LogP contribution in [-0.2, 0) is 28.7 Å². The van der Waals surface area contributed by atoms with Crippen LogP contribution in [0.2, 0.25) is 0 Å². The average Bonchev–Trinajstić information content (AvgIpc) is 2.78. The van der Waals surface area contributed by atoms with Crippen molar-refractivity contribution < 1.29 is 28.7 Å². The number of carbonyl (C=O) groups is 4. The van der Waals surface area contributed by atoms with Gasteiger partial charge in [0.2, 0.25) is 11.8 Å². The number of amides is 3. The van der Waals surface area contributed by atoms with Gasteiger partial charge in [-0.25, -0.2) is 5.43 Å². The van der Waals surface area contributed by atoms with Crippen LogP contribution in [0.1, 0.15) is 54.4 Å². The Morgan fingerprint density at radius 3 is 2.21 bits per heavy atom. The number of hydrogen-bond acceptors (Lipinski definition) is 7. The van der Waals surface area contributed by atoms with E-state index in [9.17, 15) is 19.2 Å². The molecule has 0 bridgehead atoms. The van der Waals surface area contributed by atoms with Crippen molar-refractivity contribution in [2.75, 3.05) is 20.8 Å². The number of hydrogen-bond donors (Lipinski definition) is 3. The number of carbonyl (C=O) groups excluding carboxylic acids is 4. The average molecular weight is 469 g/mol. The first-order valence-corrected chi connectivity index (χ1v) is 11.4. The molecule has 3 N–H and O–H groups in total. The van der Waals surface area contributed by atoms with Gasteiger partial charge >= 0.3 is 5.97 Å². The van der Waals surface area contributed by atoms with E-state index in [-0.39, 0.29) is 17.7 Å². The molecule has 1 aliphatic heterocycles. The van der Waals surface area contributed by atoms with E-state index < -0.39 is 41.5 Å². The molecule has 10 heteroatoms. The largest absolute Gasteiger partial charge is 0.468 e. The van der Waals surface area contributed by atoms with Gasteiger partial charge in [0.25, 0.3) is 5.91 Å². The Morgan fingerprint density at radius 1 is 1.06 bits per heavy atom. The summed E-state index contributed by atoms with van der Waals surface area (Å²) in [6, 6.07) is -1.69. The second-order valence-corrected chi connectivity index (χ2v) is 9.00. The van der Waals surface area contributed by atoms with Gasteiger partial charge in [-0.2, -0.15) is 0 Å². The molecule has 5 atom stereocenters. The summed E-state index contributed by atoms with van der Waals surface area (Å²) in [6.45, 7) is 10.8. The molecule has 1 heterocycles. The second-order valence-electron chi connectivity index (χ2n) is 9.00. The third kappa shape index (κ3) is 7.53. The van der Waals surface area contributed by atoms with Gasteiger partial charge in [0, 0.05) is 13.7 Å². The molecule has 33 heavy (non-hydrogen) atoms. The Morgan fingerprint density at radius 2 is 1.70 bits per heavy atom. The maximum absolute atomic E-state index is 13.0. The van der Waals surface area contributed by atoms with E-state index in [2.05, 4.69) is 16.1 Å². The van der Waals surface area contributed by atoms with Gasteiger partial charge in [-0.3, -0.25) is 24.2 Å². The molecule has 188 valence electrons. The monoisotopic (exact) mass is 468 g/mol. The molecule has 1 unspecified atom stereocenters. The van der Waals surface area contributed by atoms with Gasteiger partial charge < -0.3 is 20.1 Å². The summed E-state index contributed by atoms with van der Waals surface area (Å²) >= 11 is 0. The van der Waals surface area contributed by atoms with Crippen molar-refractivity contribution in [2.24, 2.45) is 11.8 Å². The van der Waals surface area contributed by atoms with Crippen molar-refractivity contribution in [1.29, 1.82) is 0 Å². The van der Waals surface area contributed by atoms with Crippen LogP contribution in [0.5, 0.6) is 0 Å². The van der Waals surface area contributed by atoms with Crippen molar-refractivity contribution in [3.63, 3.8) is 0 Å². The van der Waals surface area contributed by atoms with Gasteiger partial charge in [-0.15, -0.1) is 0 Å². The van der Waals surface area contributed by atoms with Crippen LogP contribution in [-0.4, -0.2) is 73.2 Å². The zero-order chi connectivity index (χ0) is 25.3. The number of nitrogens with one attached hydrogen (secondary N) is 3. The fourth-order valence-electron chi connectivity index (χ4n) is 3.75. The number of esters is 1. The van der Waals surface area contributed by atoms with Crippen LogP contribution >= 0.6 is 0 Å². The molecule has 3 amide bonds. The van der Waals surface area contributed by atoms with E-state index in [1.807, 2.05) is 20.8 Å². The third-order valence-corrected chi connectivity index (χ3v) is 5.88. The number of ether oxygens (including phenoxy) is 2. The summed E-state index contributed by atoms with van der Waals surface area (Å²) in [7, 11) is 2.82. The van der Waals surface area contributed by atoms with Crippen LogP contribution in [0.4, 0.5) is 0 Å². The molecule has 1 saturated heterocycles. The molecule has 0 radical (unpaired) electrons. The van der Waals surface area contributed by atoms with Crippen LogP contribution in [0, 0.1) is 11.8 Å². The quantitative estimate of drug-likeness (QED) is 0.321. The molecule has 10 nitrogen and oxygen atoms in total. The highest BCUT2D eigenvalue weighted by Crippen LogP contribution is 2.20. The minimum atomic E-state index is -1.01. The second kappa shape index (κ2) is 12.7. The van der Waals surface area contributed by atoms with Gasteiger partial charge in [0.05, 0.1) is 19.1 Å². The number of nitrogens with zero attached hydrogens (tertiary/aromatic N) is 1. The smallest absolute Gasteiger partial charge is 0.327 e. The zero-order valence-electron chi connectivity index (χ0n) is 21.1. The molecular formula is C23H40N4O6. The summed E-state index contributed by atoms with van der Waals surface area (Å²) in [4.78, 5) is 50.7. The number of rotatable bonds is 10. The maximum Gasteiger partial charge on any atom is 0.327 e. The zero-order valence-corrected chi connectivity index (χ0v) is 21.1. The van der Waals surface area contributed by atoms with E-state index in [1.54, 1.807) is 32.9 Å². The summed E-state index contributed by atoms with van der Waals surface area (Å²) in [5.41, 5.74) is 1.92. The van der Waals surface area contributed by atoms with Crippen LogP contribution in [0.15, 0.2) is 12.2 Å². The van der Waals surface area contributed by atoms with Crippen molar-refractivity contribution in [1.82, 2.24) is 21.1 Å². The maximum atomic E-state index is 13.0. The predicted molar refractivity (Wildman–Crippen MR) is 124 cm³/mol. The highest BCUT2D eigenvalue weighted by atomic mass is 16.5. The van der Waals surface area contributed by atoms with E-state index in [0.717, 1.165) is 0 Å². The summed E-state index contributed by atoms with van der Waals surface area (Å²) in [5, 5.41) is 6.82. The van der Waals surface area contributed by atoms with Crippen molar-refractivity contribution in [3.8, 4) is 0 Å². The fraction of sp³-hybridized carbons (Fsp3) is 0.739. The topological polar surface area (TPSA) is 126 Å². The van der Waals surface area contributed by atoms with E-state index in [1.165, 1.54) is 19.2 Å². The molecule has 0 saturated carbocycles. The van der Waals surface area contributed by atoms with Crippen molar-refractivity contribution in [2.45, 2.75) is 78.1 Å². The predicted octanol–water partition coefficient (Wildman–Crippen LogP) is 0.918. The lowest BCUT2D eigenvalue weighted by Gasteiger charge is -2.40. The number of allylic oxidation sites excluding steroid dienone is 1. The highest BCUT2D eigenvalue weighted by Gasteiger charge is 2.41. The normalized spacial score (nSPS) is 22.4. The van der Waals surface area contributed by atoms with Crippen LogP contribution < -0.4 is 16.1 Å². The van der Waals surface area contributed by atoms with Gasteiger partial charge in [-0.1, -0.05) is 32.9 Å². The molecule has 1 fully saturated rings. The Kier molecular flexibility index (Phi) is 11.0. The summed E-state index contributed by atoms with van der Waals surface area (Å²) in [6.07, 6.45) is 4.31. The fourth-order valence-corrected chi connectivity index (χ4v) is 3.75. The lowest BCUT2D eigenvalue weighted by Crippen LogP contribution is -2.65. The van der Waals surface area contributed by atoms with E-state index in [0.29, 0.717) is 19.4 Å². The Labute approximate surface area is 196 Å². The van der Waals surface area contributed by atoms with Gasteiger partial charge in [-0.05, 0) is 39.5 Å². The first kappa shape index (κ1) is 28.6. The molecular weight excluding hydrogens is 428 g/mol. The lowest BCUT2D eigenvalue weighted by atomic mass is 9.94. The number of hydrazine groups is 1. The molecule has 0 aromatic rings. The molecule has 0 aromatic carbocycles. The van der Waals surface area contributed by atoms with Gasteiger partial charge in [0.1, 0.15) is 17.6 Å². The molecule has 0 spiro atoms. The summed E-state index contributed by atoms with van der Waals surface area (Å²) in [5.74, 6) is -2.33. The van der Waals surface area contributed by atoms with Crippen LogP contribution in [0.3, 0.4) is 0 Å². The minimum Gasteiger partial charge on any atom is -0.468 e. The molecule has 0 aliphatic carbocycles. The van der Waals surface area contributed by atoms with Crippen LogP contribution in [0.25, 0.3) is 0 Å². The summed E-state index contributed by atoms with van der Waals surface area (Å²) < 4.78 is 10.2. The number of methoxy groups -OCH3 is 2. The van der Waals surface area contributed by atoms with E-state index >= 15 is 0 Å². The third-order valence-electron chi connectivity index (χ3n) is 5.88. The van der Waals surface area contributed by atoms with Gasteiger partial charge in [0.15, 0.2) is 0 Å². The van der Waals surface area contributed by atoms with E-state index in [4.69, 9.17) is 9.47 Å². The molecule has 0 aromatic heterocycles. The molecule has 1 aliphatic rings. The Bertz CT molecular complexity index is 740. The standard InChI is InChI=1S/C23H40N4O6/c1-9-11-17(32-7)15(4)19(28)25-18(14(2)3)20(29)24-16(5)21(30)27-13-10-12-23(6,26-27)22(31)33-8/h9,11,14-18,26H,10,12-13H2,1-8H3,(H,24,29)(H,25,28)/b11-9+/t15-,16+,17-,18+,23?/m1/s1. The first-order chi connectivity index (χ1) is 15.4. The minimum absolute atomic E-state index is 0.207. The first-order valence-electron chi connectivity index (χ1n) is 11.4. The highest BCUT2D eigenvalue weighted by molar-refractivity contribution is 5.92. The van der Waals surface area contributed by atoms with Crippen molar-refractivity contribution in [3.05, 3.63) is 12.2 Å². The lowest BCUT2D eigenvalue weighted by molar-refractivity contribution is -0.157. The Balaban J connectivity index is 2.83. The van der Waals surface area contributed by atoms with Crippen molar-refractivity contribution >= 4 is 23.7 Å². The molecule has 1 rings (SSSR count).